The van der Waals surface area contributed by atoms with Gasteiger partial charge in [0.1, 0.15) is 24.4 Å². The molecule has 0 unspecified atom stereocenters. The molecule has 0 fully saturated rings. The molecular weight excluding hydrogens is 418 g/mol. The number of methoxy groups -OCH3 is 1. The Bertz CT molecular complexity index is 1320. The molecule has 0 aliphatic heterocycles. The number of hydrogen-bond acceptors (Lipinski definition) is 6. The fraction of sp³-hybridized carbons (Fsp3) is 0.360. The molecule has 0 aliphatic rings. The largest absolute Gasteiger partial charge is 0.491 e. The molecule has 0 radical (unpaired) electrons. The van der Waals surface area contributed by atoms with Crippen LogP contribution in [0.1, 0.15) is 39.8 Å². The van der Waals surface area contributed by atoms with Crippen LogP contribution < -0.4 is 10.2 Å². The van der Waals surface area contributed by atoms with Crippen LogP contribution in [0.5, 0.6) is 5.75 Å². The first-order valence-electron chi connectivity index (χ1n) is 11.1. The van der Waals surface area contributed by atoms with E-state index in [-0.39, 0.29) is 17.5 Å². The van der Waals surface area contributed by atoms with E-state index in [4.69, 9.17) is 14.5 Å². The molecule has 8 nitrogen and oxygen atoms in total. The molecule has 0 aliphatic carbocycles. The Balaban J connectivity index is 1.86. The molecule has 0 bridgehead atoms. The van der Waals surface area contributed by atoms with Gasteiger partial charge in [0.05, 0.1) is 28.8 Å². The molecule has 0 spiro atoms. The van der Waals surface area contributed by atoms with Gasteiger partial charge in [0.25, 0.3) is 0 Å². The van der Waals surface area contributed by atoms with Crippen molar-refractivity contribution in [3.8, 4) is 28.5 Å². The first-order valence-corrected chi connectivity index (χ1v) is 11.1. The molecule has 0 atom stereocenters. The summed E-state index contributed by atoms with van der Waals surface area (Å²) in [6, 6.07) is 11.6. The Labute approximate surface area is 192 Å². The average Bonchev–Trinajstić information content (AvgIpc) is 3.30. The number of hydrogen-bond donors (Lipinski definition) is 0. The minimum absolute atomic E-state index is 0.0888. The highest BCUT2D eigenvalue weighted by atomic mass is 16.5. The van der Waals surface area contributed by atoms with Crippen molar-refractivity contribution in [1.29, 1.82) is 0 Å². The molecule has 8 heteroatoms. The van der Waals surface area contributed by atoms with Crippen molar-refractivity contribution in [3.05, 3.63) is 59.1 Å². The molecule has 3 aromatic heterocycles. The van der Waals surface area contributed by atoms with Crippen LogP contribution >= 0.6 is 0 Å². The second-order valence-electron chi connectivity index (χ2n) is 8.46. The number of benzene rings is 1. The smallest absolute Gasteiger partial charge is 0.198 e. The van der Waals surface area contributed by atoms with Crippen molar-refractivity contribution in [1.82, 2.24) is 24.3 Å². The number of ether oxygens (including phenoxy) is 2. The second kappa shape index (κ2) is 9.54. The first kappa shape index (κ1) is 22.7. The van der Waals surface area contributed by atoms with Gasteiger partial charge in [-0.2, -0.15) is 0 Å². The van der Waals surface area contributed by atoms with E-state index in [1.54, 1.807) is 19.5 Å². The third-order valence-electron chi connectivity index (χ3n) is 5.50. The van der Waals surface area contributed by atoms with Crippen LogP contribution in [-0.2, 0) is 4.74 Å². The van der Waals surface area contributed by atoms with Crippen molar-refractivity contribution in [2.45, 2.75) is 39.8 Å². The predicted molar refractivity (Wildman–Crippen MR) is 129 cm³/mol. The van der Waals surface area contributed by atoms with E-state index in [1.165, 1.54) is 0 Å². The zero-order valence-corrected chi connectivity index (χ0v) is 19.6. The third kappa shape index (κ3) is 4.52. The molecule has 0 N–H and O–H groups in total. The van der Waals surface area contributed by atoms with Crippen LogP contribution in [0.2, 0.25) is 0 Å². The van der Waals surface area contributed by atoms with Crippen LogP contribution in [0.3, 0.4) is 0 Å². The molecule has 4 rings (SSSR count). The zero-order chi connectivity index (χ0) is 23.5. The zero-order valence-electron chi connectivity index (χ0n) is 19.6. The molecule has 0 amide bonds. The molecule has 3 heterocycles. The normalized spacial score (nSPS) is 11.6. The van der Waals surface area contributed by atoms with Gasteiger partial charge < -0.3 is 18.6 Å². The topological polar surface area (TPSA) is 84.1 Å². The lowest BCUT2D eigenvalue weighted by molar-refractivity contribution is 0.146. The molecular formula is C25H29N5O3. The van der Waals surface area contributed by atoms with Crippen molar-refractivity contribution >= 4 is 10.9 Å². The maximum absolute atomic E-state index is 13.6. The molecule has 33 heavy (non-hydrogen) atoms. The Kier molecular flexibility index (Phi) is 6.55. The summed E-state index contributed by atoms with van der Waals surface area (Å²) in [5.74, 6) is 1.31. The SMILES string of the molecule is COCCOc1ccc2c(c1)c(=O)c(-c1cccc(-c3nncn3C(C)C)n1)cn2C(C)C. The standard InChI is InChI=1S/C25H29N5O3/c1-16(2)29-14-20(24(31)19-13-18(9-10-23(19)29)33-12-11-32-5)21-7-6-8-22(27-21)25-28-26-15-30(25)17(3)4/h6-10,13-17H,11-12H2,1-5H3. The molecule has 0 saturated heterocycles. The summed E-state index contributed by atoms with van der Waals surface area (Å²) in [7, 11) is 1.63. The van der Waals surface area contributed by atoms with Crippen molar-refractivity contribution in [2.24, 2.45) is 0 Å². The summed E-state index contributed by atoms with van der Waals surface area (Å²) >= 11 is 0. The van der Waals surface area contributed by atoms with Crippen molar-refractivity contribution in [2.75, 3.05) is 20.3 Å². The van der Waals surface area contributed by atoms with Gasteiger partial charge in [0, 0.05) is 25.4 Å². The minimum atomic E-state index is -0.0888. The number of pyridine rings is 2. The lowest BCUT2D eigenvalue weighted by Gasteiger charge is -2.18. The quantitative estimate of drug-likeness (QED) is 0.370. The van der Waals surface area contributed by atoms with Crippen LogP contribution in [0.15, 0.2) is 53.7 Å². The van der Waals surface area contributed by atoms with Gasteiger partial charge in [-0.15, -0.1) is 10.2 Å². The number of aromatic nitrogens is 5. The summed E-state index contributed by atoms with van der Waals surface area (Å²) < 4.78 is 14.9. The first-order chi connectivity index (χ1) is 15.9. The van der Waals surface area contributed by atoms with Crippen molar-refractivity contribution in [3.63, 3.8) is 0 Å². The molecule has 0 saturated carbocycles. The lowest BCUT2D eigenvalue weighted by Crippen LogP contribution is -2.14. The van der Waals surface area contributed by atoms with E-state index in [9.17, 15) is 4.79 Å². The van der Waals surface area contributed by atoms with Crippen LogP contribution in [0.25, 0.3) is 33.7 Å². The third-order valence-corrected chi connectivity index (χ3v) is 5.50. The molecule has 172 valence electrons. The summed E-state index contributed by atoms with van der Waals surface area (Å²) in [5, 5.41) is 8.88. The summed E-state index contributed by atoms with van der Waals surface area (Å²) in [6.07, 6.45) is 3.58. The highest BCUT2D eigenvalue weighted by Gasteiger charge is 2.17. The molecule has 1 aromatic carbocycles. The maximum atomic E-state index is 13.6. The fourth-order valence-electron chi connectivity index (χ4n) is 3.79. The number of fused-ring (bicyclic) bond motifs is 1. The van der Waals surface area contributed by atoms with Gasteiger partial charge in [-0.25, -0.2) is 4.98 Å². The monoisotopic (exact) mass is 447 g/mol. The van der Waals surface area contributed by atoms with Crippen LogP contribution in [0.4, 0.5) is 0 Å². The van der Waals surface area contributed by atoms with Gasteiger partial charge in [-0.1, -0.05) is 6.07 Å². The van der Waals surface area contributed by atoms with Crippen LogP contribution in [0, 0.1) is 0 Å². The summed E-state index contributed by atoms with van der Waals surface area (Å²) in [4.78, 5) is 18.4. The van der Waals surface area contributed by atoms with E-state index in [0.29, 0.717) is 47.1 Å². The van der Waals surface area contributed by atoms with Gasteiger partial charge in [0.2, 0.25) is 0 Å². The van der Waals surface area contributed by atoms with Gasteiger partial charge in [-0.3, -0.25) is 4.79 Å². The van der Waals surface area contributed by atoms with Gasteiger partial charge in [-0.05, 0) is 58.0 Å². The second-order valence-corrected chi connectivity index (χ2v) is 8.46. The Morgan fingerprint density at radius 2 is 1.73 bits per heavy atom. The lowest BCUT2D eigenvalue weighted by atomic mass is 10.1. The Morgan fingerprint density at radius 3 is 2.45 bits per heavy atom. The van der Waals surface area contributed by atoms with E-state index in [2.05, 4.69) is 42.5 Å². The maximum Gasteiger partial charge on any atom is 0.198 e. The van der Waals surface area contributed by atoms with Gasteiger partial charge in [0.15, 0.2) is 11.3 Å². The van der Waals surface area contributed by atoms with Crippen LogP contribution in [-0.4, -0.2) is 44.6 Å². The minimum Gasteiger partial charge on any atom is -0.491 e. The predicted octanol–water partition coefficient (Wildman–Crippen LogP) is 4.51. The Morgan fingerprint density at radius 1 is 0.970 bits per heavy atom. The van der Waals surface area contributed by atoms with E-state index in [0.717, 1.165) is 5.52 Å². The average molecular weight is 448 g/mol. The highest BCUT2D eigenvalue weighted by molar-refractivity contribution is 5.85. The summed E-state index contributed by atoms with van der Waals surface area (Å²) in [5.41, 5.74) is 2.56. The molecule has 4 aromatic rings. The van der Waals surface area contributed by atoms with E-state index in [1.807, 2.05) is 41.1 Å². The fourth-order valence-corrected chi connectivity index (χ4v) is 3.79. The van der Waals surface area contributed by atoms with Gasteiger partial charge >= 0.3 is 0 Å². The highest BCUT2D eigenvalue weighted by Crippen LogP contribution is 2.26. The van der Waals surface area contributed by atoms with E-state index < -0.39 is 0 Å². The van der Waals surface area contributed by atoms with E-state index >= 15 is 0 Å². The van der Waals surface area contributed by atoms with Crippen molar-refractivity contribution < 1.29 is 9.47 Å². The number of rotatable bonds is 8. The summed E-state index contributed by atoms with van der Waals surface area (Å²) in [6.45, 7) is 9.20. The Hall–Kier alpha value is -3.52. The number of nitrogens with zero attached hydrogens (tertiary/aromatic N) is 5.